The minimum absolute atomic E-state index is 0.0138. The Morgan fingerprint density at radius 1 is 0.875 bits per heavy atom. The highest BCUT2D eigenvalue weighted by atomic mass is 35.5. The molecule has 0 bridgehead atoms. The molecule has 1 aliphatic heterocycles. The minimum Gasteiger partial charge on any atom is -0.493 e. The number of rotatable bonds is 9. The first-order valence-electron chi connectivity index (χ1n) is 12.0. The molecule has 11 heteroatoms. The van der Waals surface area contributed by atoms with Crippen molar-refractivity contribution in [2.75, 3.05) is 20.3 Å². The largest absolute Gasteiger partial charge is 0.493 e. The number of nitrogens with zero attached hydrogens (tertiary/aromatic N) is 1. The van der Waals surface area contributed by atoms with Crippen LogP contribution in [-0.2, 0) is 14.9 Å². The van der Waals surface area contributed by atoms with E-state index in [9.17, 15) is 18.0 Å². The number of benzene rings is 4. The van der Waals surface area contributed by atoms with Gasteiger partial charge in [-0.05, 0) is 71.1 Å². The molecule has 0 radical (unpaired) electrons. The number of para-hydroxylation sites is 2. The van der Waals surface area contributed by atoms with Crippen LogP contribution in [0, 0.1) is 0 Å². The predicted octanol–water partition coefficient (Wildman–Crippen LogP) is 6.38. The van der Waals surface area contributed by atoms with Crippen LogP contribution in [0.4, 0.5) is 4.79 Å². The van der Waals surface area contributed by atoms with E-state index >= 15 is 0 Å². The second-order valence-corrected chi connectivity index (χ2v) is 11.5. The van der Waals surface area contributed by atoms with Crippen LogP contribution in [0.2, 0.25) is 5.02 Å². The molecule has 4 aromatic carbocycles. The van der Waals surface area contributed by atoms with Gasteiger partial charge in [-0.2, -0.15) is 8.42 Å². The summed E-state index contributed by atoms with van der Waals surface area (Å²) < 4.78 is 42.6. The zero-order chi connectivity index (χ0) is 28.3. The second kappa shape index (κ2) is 11.6. The summed E-state index contributed by atoms with van der Waals surface area (Å²) in [5, 5.41) is 1.37. The van der Waals surface area contributed by atoms with Gasteiger partial charge in [0, 0.05) is 10.6 Å². The summed E-state index contributed by atoms with van der Waals surface area (Å²) in [6.07, 6.45) is 1.49. The lowest BCUT2D eigenvalue weighted by Gasteiger charge is -2.15. The third-order valence-electron chi connectivity index (χ3n) is 6.02. The van der Waals surface area contributed by atoms with Crippen molar-refractivity contribution < 1.29 is 31.7 Å². The Kier molecular flexibility index (Phi) is 8.02. The van der Waals surface area contributed by atoms with E-state index in [4.69, 9.17) is 25.3 Å². The van der Waals surface area contributed by atoms with Gasteiger partial charge >= 0.3 is 10.1 Å². The zero-order valence-corrected chi connectivity index (χ0v) is 23.5. The van der Waals surface area contributed by atoms with E-state index < -0.39 is 21.3 Å². The molecule has 0 spiro atoms. The normalized spacial score (nSPS) is 14.7. The van der Waals surface area contributed by atoms with E-state index in [1.54, 1.807) is 42.5 Å². The first-order valence-corrected chi connectivity index (χ1v) is 14.6. The molecule has 1 saturated heterocycles. The number of fused-ring (bicyclic) bond motifs is 1. The fourth-order valence-electron chi connectivity index (χ4n) is 4.07. The van der Waals surface area contributed by atoms with Crippen molar-refractivity contribution in [3.05, 3.63) is 100 Å². The first kappa shape index (κ1) is 27.6. The van der Waals surface area contributed by atoms with E-state index in [2.05, 4.69) is 0 Å². The molecule has 0 aromatic heterocycles. The predicted molar refractivity (Wildman–Crippen MR) is 154 cm³/mol. The molecule has 0 atom stereocenters. The number of imide groups is 1. The molecule has 8 nitrogen and oxygen atoms in total. The maximum Gasteiger partial charge on any atom is 0.339 e. The van der Waals surface area contributed by atoms with Crippen molar-refractivity contribution >= 4 is 61.5 Å². The number of ether oxygens (including phenoxy) is 2. The standard InChI is InChI=1S/C29H22ClNO7S2/c1-36-25-8-4-5-9-26(25)37-17-16-31-28(32)27(39-29(31)33)18-23-22-7-3-2-6-19(22)10-15-24(23)38-40(34,35)21-13-11-20(30)12-14-21/h2-15,18H,16-17H2,1H3/b27-18-. The van der Waals surface area contributed by atoms with Gasteiger partial charge in [-0.1, -0.05) is 54.1 Å². The van der Waals surface area contributed by atoms with Crippen molar-refractivity contribution in [3.63, 3.8) is 0 Å². The van der Waals surface area contributed by atoms with Gasteiger partial charge in [0.2, 0.25) is 0 Å². The maximum absolute atomic E-state index is 13.2. The monoisotopic (exact) mass is 595 g/mol. The molecule has 0 N–H and O–H groups in total. The van der Waals surface area contributed by atoms with Crippen molar-refractivity contribution in [1.29, 1.82) is 0 Å². The molecular weight excluding hydrogens is 574 g/mol. The fourth-order valence-corrected chi connectivity index (χ4v) is 5.99. The van der Waals surface area contributed by atoms with Crippen molar-refractivity contribution in [1.82, 2.24) is 4.90 Å². The Labute approximate surface area is 240 Å². The SMILES string of the molecule is COc1ccccc1OCCN1C(=O)S/C(=C\c2c(OS(=O)(=O)c3ccc(Cl)cc3)ccc3ccccc23)C1=O. The lowest BCUT2D eigenvalue weighted by Crippen LogP contribution is -2.32. The number of carbonyl (C=O) groups excluding carboxylic acids is 2. The Balaban J connectivity index is 1.43. The number of methoxy groups -OCH3 is 1. The number of thioether (sulfide) groups is 1. The molecule has 1 fully saturated rings. The summed E-state index contributed by atoms with van der Waals surface area (Å²) in [6.45, 7) is 0.0809. The number of carbonyl (C=O) groups is 2. The van der Waals surface area contributed by atoms with Gasteiger partial charge < -0.3 is 13.7 Å². The zero-order valence-electron chi connectivity index (χ0n) is 21.1. The average molecular weight is 596 g/mol. The van der Waals surface area contributed by atoms with E-state index in [0.29, 0.717) is 27.5 Å². The molecule has 5 rings (SSSR count). The molecule has 0 unspecified atom stereocenters. The van der Waals surface area contributed by atoms with Crippen molar-refractivity contribution in [3.8, 4) is 17.2 Å². The lowest BCUT2D eigenvalue weighted by molar-refractivity contribution is -0.123. The molecule has 4 aromatic rings. The quantitative estimate of drug-likeness (QED) is 0.162. The molecule has 1 heterocycles. The van der Waals surface area contributed by atoms with Crippen LogP contribution in [0.25, 0.3) is 16.8 Å². The Morgan fingerprint density at radius 2 is 1.57 bits per heavy atom. The Morgan fingerprint density at radius 3 is 2.33 bits per heavy atom. The Bertz CT molecular complexity index is 1740. The summed E-state index contributed by atoms with van der Waals surface area (Å²) >= 11 is 6.66. The van der Waals surface area contributed by atoms with E-state index in [1.807, 2.05) is 12.1 Å². The second-order valence-electron chi connectivity index (χ2n) is 8.52. The fraction of sp³-hybridized carbons (Fsp3) is 0.103. The number of amides is 2. The molecule has 204 valence electrons. The Hall–Kier alpha value is -3.99. The van der Waals surface area contributed by atoms with Gasteiger partial charge in [0.05, 0.1) is 18.6 Å². The minimum atomic E-state index is -4.22. The molecule has 0 saturated carbocycles. The van der Waals surface area contributed by atoms with Gasteiger partial charge in [-0.25, -0.2) is 0 Å². The highest BCUT2D eigenvalue weighted by Gasteiger charge is 2.35. The molecule has 0 aliphatic carbocycles. The van der Waals surface area contributed by atoms with Crippen LogP contribution in [-0.4, -0.2) is 44.7 Å². The van der Waals surface area contributed by atoms with Gasteiger partial charge in [0.25, 0.3) is 11.1 Å². The van der Waals surface area contributed by atoms with Gasteiger partial charge in [-0.3, -0.25) is 14.5 Å². The van der Waals surface area contributed by atoms with Crippen molar-refractivity contribution in [2.24, 2.45) is 0 Å². The van der Waals surface area contributed by atoms with E-state index in [0.717, 1.165) is 22.0 Å². The van der Waals surface area contributed by atoms with Gasteiger partial charge in [-0.15, -0.1) is 0 Å². The third-order valence-corrected chi connectivity index (χ3v) is 8.43. The molecule has 1 aliphatic rings. The average Bonchev–Trinajstić information content (AvgIpc) is 3.22. The lowest BCUT2D eigenvalue weighted by atomic mass is 10.0. The van der Waals surface area contributed by atoms with Crippen LogP contribution in [0.5, 0.6) is 17.2 Å². The van der Waals surface area contributed by atoms with Crippen LogP contribution in [0.15, 0.2) is 94.7 Å². The summed E-state index contributed by atoms with van der Waals surface area (Å²) in [7, 11) is -2.69. The third kappa shape index (κ3) is 5.79. The summed E-state index contributed by atoms with van der Waals surface area (Å²) in [4.78, 5) is 27.1. The highest BCUT2D eigenvalue weighted by Crippen LogP contribution is 2.38. The van der Waals surface area contributed by atoms with Crippen LogP contribution >= 0.6 is 23.4 Å². The summed E-state index contributed by atoms with van der Waals surface area (Å²) in [5.41, 5.74) is 0.353. The molecule has 2 amide bonds. The number of hydrogen-bond donors (Lipinski definition) is 0. The smallest absolute Gasteiger partial charge is 0.339 e. The first-order chi connectivity index (χ1) is 19.3. The highest BCUT2D eigenvalue weighted by molar-refractivity contribution is 8.18. The van der Waals surface area contributed by atoms with E-state index in [1.165, 1.54) is 43.5 Å². The summed E-state index contributed by atoms with van der Waals surface area (Å²) in [6, 6.07) is 23.2. The van der Waals surface area contributed by atoms with Crippen molar-refractivity contribution in [2.45, 2.75) is 4.90 Å². The maximum atomic E-state index is 13.2. The molecule has 40 heavy (non-hydrogen) atoms. The van der Waals surface area contributed by atoms with E-state index in [-0.39, 0.29) is 28.7 Å². The number of hydrogen-bond acceptors (Lipinski definition) is 8. The summed E-state index contributed by atoms with van der Waals surface area (Å²) in [5.74, 6) is 0.526. The molecular formula is C29H22ClNO7S2. The van der Waals surface area contributed by atoms with Crippen LogP contribution < -0.4 is 13.7 Å². The number of halogens is 1. The van der Waals surface area contributed by atoms with Crippen LogP contribution in [0.3, 0.4) is 0 Å². The van der Waals surface area contributed by atoms with Gasteiger partial charge in [0.1, 0.15) is 11.5 Å². The van der Waals surface area contributed by atoms with Crippen LogP contribution in [0.1, 0.15) is 5.56 Å². The van der Waals surface area contributed by atoms with Gasteiger partial charge in [0.15, 0.2) is 17.2 Å². The topological polar surface area (TPSA) is 99.2 Å².